The highest BCUT2D eigenvalue weighted by Gasteiger charge is 2.15. The summed E-state index contributed by atoms with van der Waals surface area (Å²) in [5.41, 5.74) is 2.18. The maximum Gasteiger partial charge on any atom is 0.165 e. The van der Waals surface area contributed by atoms with E-state index in [0.29, 0.717) is 0 Å². The molecule has 2 aromatic carbocycles. The second-order valence-corrected chi connectivity index (χ2v) is 4.63. The Labute approximate surface area is 114 Å². The van der Waals surface area contributed by atoms with Crippen LogP contribution in [-0.4, -0.2) is 23.3 Å². The van der Waals surface area contributed by atoms with Gasteiger partial charge in [-0.2, -0.15) is 0 Å². The highest BCUT2D eigenvalue weighted by Crippen LogP contribution is 2.40. The fourth-order valence-electron chi connectivity index (χ4n) is 2.63. The monoisotopic (exact) mass is 259 g/mol. The van der Waals surface area contributed by atoms with Crippen molar-refractivity contribution in [2.24, 2.45) is 0 Å². The van der Waals surface area contributed by atoms with Gasteiger partial charge in [0.05, 0.1) is 0 Å². The van der Waals surface area contributed by atoms with Crippen LogP contribution in [0.5, 0.6) is 11.5 Å². The van der Waals surface area contributed by atoms with E-state index in [2.05, 4.69) is 31.7 Å². The van der Waals surface area contributed by atoms with E-state index in [1.54, 1.807) is 6.07 Å². The van der Waals surface area contributed by atoms with E-state index in [1.807, 2.05) is 12.1 Å². The minimum Gasteiger partial charge on any atom is -0.504 e. The summed E-state index contributed by atoms with van der Waals surface area (Å²) in [6.07, 6.45) is 0.822. The van der Waals surface area contributed by atoms with Crippen molar-refractivity contribution in [3.05, 3.63) is 29.8 Å². The molecule has 0 atom stereocenters. The highest BCUT2D eigenvalue weighted by molar-refractivity contribution is 6.01. The topological polar surface area (TPSA) is 43.7 Å². The van der Waals surface area contributed by atoms with Gasteiger partial charge in [-0.15, -0.1) is 0 Å². The number of phenolic OH excluding ortho intramolecular Hbond substituents is 2. The summed E-state index contributed by atoms with van der Waals surface area (Å²) in [7, 11) is 0. The normalized spacial score (nSPS) is 10.9. The van der Waals surface area contributed by atoms with E-state index in [9.17, 15) is 10.2 Å². The van der Waals surface area contributed by atoms with Crippen LogP contribution in [0.2, 0.25) is 0 Å². The number of fused-ring (bicyclic) bond motifs is 1. The average Bonchev–Trinajstić information content (AvgIpc) is 2.44. The molecule has 0 radical (unpaired) electrons. The lowest BCUT2D eigenvalue weighted by Gasteiger charge is -2.24. The van der Waals surface area contributed by atoms with Crippen molar-refractivity contribution in [2.75, 3.05) is 18.0 Å². The van der Waals surface area contributed by atoms with Crippen molar-refractivity contribution < 1.29 is 10.2 Å². The quantitative estimate of drug-likeness (QED) is 0.823. The largest absolute Gasteiger partial charge is 0.504 e. The van der Waals surface area contributed by atoms with Crippen LogP contribution < -0.4 is 4.90 Å². The zero-order valence-electron chi connectivity index (χ0n) is 11.8. The van der Waals surface area contributed by atoms with Crippen molar-refractivity contribution in [3.63, 3.8) is 0 Å². The minimum atomic E-state index is -0.0407. The summed E-state index contributed by atoms with van der Waals surface area (Å²) in [6.45, 7) is 8.13. The molecule has 2 aromatic rings. The highest BCUT2D eigenvalue weighted by atomic mass is 16.3. The summed E-state index contributed by atoms with van der Waals surface area (Å²) < 4.78 is 0. The number of aryl methyl sites for hydroxylation is 1. The summed E-state index contributed by atoms with van der Waals surface area (Å²) in [5.74, 6) is -0.0674. The van der Waals surface area contributed by atoms with Crippen LogP contribution >= 0.6 is 0 Å². The molecule has 0 spiro atoms. The number of benzene rings is 2. The van der Waals surface area contributed by atoms with Crippen LogP contribution in [0.15, 0.2) is 24.3 Å². The lowest BCUT2D eigenvalue weighted by molar-refractivity contribution is 0.408. The third-order valence-corrected chi connectivity index (χ3v) is 3.66. The van der Waals surface area contributed by atoms with E-state index in [0.717, 1.165) is 41.5 Å². The maximum absolute atomic E-state index is 10.1. The van der Waals surface area contributed by atoms with E-state index in [1.165, 1.54) is 0 Å². The molecule has 2 rings (SSSR count). The Bertz CT molecular complexity index is 589. The van der Waals surface area contributed by atoms with Gasteiger partial charge in [-0.3, -0.25) is 0 Å². The first-order chi connectivity index (χ1) is 9.13. The Morgan fingerprint density at radius 3 is 2.32 bits per heavy atom. The van der Waals surface area contributed by atoms with E-state index in [-0.39, 0.29) is 11.5 Å². The minimum absolute atomic E-state index is 0.0267. The fraction of sp³-hybridized carbons (Fsp3) is 0.375. The molecule has 3 heteroatoms. The average molecular weight is 259 g/mol. The number of nitrogens with zero attached hydrogens (tertiary/aromatic N) is 1. The van der Waals surface area contributed by atoms with E-state index >= 15 is 0 Å². The van der Waals surface area contributed by atoms with Crippen molar-refractivity contribution in [1.82, 2.24) is 0 Å². The summed E-state index contributed by atoms with van der Waals surface area (Å²) in [6, 6.07) is 7.53. The van der Waals surface area contributed by atoms with Crippen LogP contribution in [0.1, 0.15) is 26.3 Å². The molecule has 3 nitrogen and oxygen atoms in total. The van der Waals surface area contributed by atoms with Crippen molar-refractivity contribution in [1.29, 1.82) is 0 Å². The Hall–Kier alpha value is -1.90. The SMILES string of the molecule is CCc1cc(O)c(O)c2cccc(N(CC)CC)c12. The van der Waals surface area contributed by atoms with Gasteiger partial charge in [0.25, 0.3) is 0 Å². The first-order valence-electron chi connectivity index (χ1n) is 6.85. The van der Waals surface area contributed by atoms with Gasteiger partial charge in [0, 0.05) is 29.5 Å². The van der Waals surface area contributed by atoms with Gasteiger partial charge >= 0.3 is 0 Å². The molecule has 0 bridgehead atoms. The van der Waals surface area contributed by atoms with Crippen molar-refractivity contribution in [3.8, 4) is 11.5 Å². The Morgan fingerprint density at radius 2 is 1.74 bits per heavy atom. The van der Waals surface area contributed by atoms with Crippen LogP contribution in [-0.2, 0) is 6.42 Å². The number of rotatable bonds is 4. The zero-order valence-corrected chi connectivity index (χ0v) is 11.8. The third-order valence-electron chi connectivity index (χ3n) is 3.66. The Kier molecular flexibility index (Phi) is 3.84. The van der Waals surface area contributed by atoms with Crippen LogP contribution in [0.3, 0.4) is 0 Å². The van der Waals surface area contributed by atoms with Gasteiger partial charge in [-0.25, -0.2) is 0 Å². The van der Waals surface area contributed by atoms with Gasteiger partial charge < -0.3 is 15.1 Å². The molecule has 0 amide bonds. The molecular formula is C16H21NO2. The zero-order chi connectivity index (χ0) is 14.0. The maximum atomic E-state index is 10.1. The van der Waals surface area contributed by atoms with Crippen molar-refractivity contribution in [2.45, 2.75) is 27.2 Å². The van der Waals surface area contributed by atoms with E-state index in [4.69, 9.17) is 0 Å². The molecule has 0 fully saturated rings. The van der Waals surface area contributed by atoms with Gasteiger partial charge in [-0.05, 0) is 38.0 Å². The molecule has 0 heterocycles. The number of hydrogen-bond donors (Lipinski definition) is 2. The standard InChI is InChI=1S/C16H21NO2/c1-4-11-10-14(18)16(19)12-8-7-9-13(15(11)12)17(5-2)6-3/h7-10,18-19H,4-6H2,1-3H3. The predicted octanol–water partition coefficient (Wildman–Crippen LogP) is 3.66. The molecule has 102 valence electrons. The van der Waals surface area contributed by atoms with Gasteiger partial charge in [0.2, 0.25) is 0 Å². The number of hydrogen-bond acceptors (Lipinski definition) is 3. The lowest BCUT2D eigenvalue weighted by Crippen LogP contribution is -2.22. The molecule has 0 aliphatic rings. The summed E-state index contributed by atoms with van der Waals surface area (Å²) >= 11 is 0. The molecule has 0 aliphatic heterocycles. The molecule has 0 aliphatic carbocycles. The molecule has 2 N–H and O–H groups in total. The van der Waals surface area contributed by atoms with Gasteiger partial charge in [0.1, 0.15) is 0 Å². The van der Waals surface area contributed by atoms with E-state index < -0.39 is 0 Å². The molecule has 19 heavy (non-hydrogen) atoms. The molecule has 0 saturated heterocycles. The predicted molar refractivity (Wildman–Crippen MR) is 80.2 cm³/mol. The second kappa shape index (κ2) is 5.39. The molecule has 0 aromatic heterocycles. The Balaban J connectivity index is 2.83. The second-order valence-electron chi connectivity index (χ2n) is 4.63. The summed E-state index contributed by atoms with van der Waals surface area (Å²) in [4.78, 5) is 2.26. The first kappa shape index (κ1) is 13.5. The van der Waals surface area contributed by atoms with Crippen LogP contribution in [0.4, 0.5) is 5.69 Å². The molecular weight excluding hydrogens is 238 g/mol. The molecule has 0 unspecified atom stereocenters. The van der Waals surface area contributed by atoms with Crippen LogP contribution in [0.25, 0.3) is 10.8 Å². The van der Waals surface area contributed by atoms with Gasteiger partial charge in [0.15, 0.2) is 11.5 Å². The number of anilines is 1. The third kappa shape index (κ3) is 2.21. The smallest absolute Gasteiger partial charge is 0.165 e. The lowest BCUT2D eigenvalue weighted by atomic mass is 9.98. The van der Waals surface area contributed by atoms with Gasteiger partial charge in [-0.1, -0.05) is 19.1 Å². The molecule has 0 saturated carbocycles. The van der Waals surface area contributed by atoms with Crippen molar-refractivity contribution >= 4 is 16.5 Å². The first-order valence-corrected chi connectivity index (χ1v) is 6.85. The fourth-order valence-corrected chi connectivity index (χ4v) is 2.63. The summed E-state index contributed by atoms with van der Waals surface area (Å²) in [5, 5.41) is 21.6. The number of aromatic hydroxyl groups is 2. The van der Waals surface area contributed by atoms with Crippen LogP contribution in [0, 0.1) is 0 Å². The Morgan fingerprint density at radius 1 is 1.05 bits per heavy atom. The number of phenols is 2.